The van der Waals surface area contributed by atoms with Crippen LogP contribution in [-0.4, -0.2) is 44.8 Å². The van der Waals surface area contributed by atoms with E-state index in [2.05, 4.69) is 19.9 Å². The lowest BCUT2D eigenvalue weighted by molar-refractivity contribution is 0.0525. The highest BCUT2D eigenvalue weighted by Crippen LogP contribution is 2.49. The van der Waals surface area contributed by atoms with Gasteiger partial charge in [0.25, 0.3) is 0 Å². The van der Waals surface area contributed by atoms with Gasteiger partial charge in [0.2, 0.25) is 0 Å². The molecule has 0 aliphatic heterocycles. The predicted octanol–water partition coefficient (Wildman–Crippen LogP) is 8.21. The second kappa shape index (κ2) is 15.4. The van der Waals surface area contributed by atoms with Crippen LogP contribution >= 0.6 is 46.4 Å². The van der Waals surface area contributed by atoms with Crippen molar-refractivity contribution in [2.24, 2.45) is 5.73 Å². The Morgan fingerprint density at radius 1 is 0.723 bits per heavy atom. The molecule has 4 aromatic rings. The van der Waals surface area contributed by atoms with E-state index in [4.69, 9.17) is 56.9 Å². The normalized spacial score (nSPS) is 15.8. The molecule has 0 unspecified atom stereocenters. The van der Waals surface area contributed by atoms with E-state index in [0.717, 1.165) is 49.7 Å². The van der Waals surface area contributed by atoms with Crippen molar-refractivity contribution >= 4 is 58.2 Å². The second-order valence-electron chi connectivity index (χ2n) is 12.0. The van der Waals surface area contributed by atoms with Gasteiger partial charge >= 0.3 is 5.97 Å². The van der Waals surface area contributed by atoms with Crippen molar-refractivity contribution in [3.05, 3.63) is 115 Å². The van der Waals surface area contributed by atoms with Gasteiger partial charge in [-0.25, -0.2) is 24.7 Å². The quantitative estimate of drug-likeness (QED) is 0.129. The highest BCUT2D eigenvalue weighted by molar-refractivity contribution is 6.35. The van der Waals surface area contributed by atoms with Crippen LogP contribution < -0.4 is 5.73 Å². The molecule has 0 radical (unpaired) electrons. The van der Waals surface area contributed by atoms with E-state index >= 15 is 0 Å². The Morgan fingerprint density at radius 3 is 1.49 bits per heavy atom. The Kier molecular flexibility index (Phi) is 11.5. The molecular weight excluding hydrogens is 680 g/mol. The predicted molar refractivity (Wildman–Crippen MR) is 185 cm³/mol. The molecule has 246 valence electrons. The Morgan fingerprint density at radius 2 is 1.15 bits per heavy atom. The fourth-order valence-electron chi connectivity index (χ4n) is 6.21. The van der Waals surface area contributed by atoms with Gasteiger partial charge in [0.05, 0.1) is 24.3 Å². The van der Waals surface area contributed by atoms with Crippen LogP contribution in [0.2, 0.25) is 20.1 Å². The van der Waals surface area contributed by atoms with E-state index in [-0.39, 0.29) is 23.2 Å². The first-order chi connectivity index (χ1) is 22.6. The average Bonchev–Trinajstić information content (AvgIpc) is 3.02. The number of nitrogens with zero attached hydrogens (tertiary/aromatic N) is 4. The lowest BCUT2D eigenvalue weighted by Crippen LogP contribution is -2.37. The van der Waals surface area contributed by atoms with E-state index in [1.165, 1.54) is 12.4 Å². The summed E-state index contributed by atoms with van der Waals surface area (Å²) in [6, 6.07) is 11.3. The third-order valence-electron chi connectivity index (χ3n) is 9.05. The molecular formula is C35H35Cl4N5O3. The number of ketones is 1. The van der Waals surface area contributed by atoms with E-state index in [9.17, 15) is 9.59 Å². The zero-order chi connectivity index (χ0) is 33.6. The number of carbonyl (C=O) groups is 2. The summed E-state index contributed by atoms with van der Waals surface area (Å²) in [7, 11) is 0. The maximum Gasteiger partial charge on any atom is 0.341 e. The number of hydrogen-bond donors (Lipinski definition) is 1. The van der Waals surface area contributed by atoms with Crippen LogP contribution in [0.15, 0.2) is 61.2 Å². The first kappa shape index (κ1) is 35.2. The van der Waals surface area contributed by atoms with Gasteiger partial charge in [0.15, 0.2) is 5.78 Å². The molecule has 0 amide bonds. The number of hydrogen-bond acceptors (Lipinski definition) is 8. The van der Waals surface area contributed by atoms with Crippen molar-refractivity contribution in [3.63, 3.8) is 0 Å². The number of esters is 1. The van der Waals surface area contributed by atoms with Gasteiger partial charge in [-0.1, -0.05) is 71.4 Å². The molecule has 2 saturated carbocycles. The number of Topliss-reactive ketones (excluding diaryl/α,β-unsaturated/α-hetero) is 1. The Hall–Kier alpha value is -3.14. The molecule has 2 N–H and O–H groups in total. The molecule has 0 atom stereocenters. The summed E-state index contributed by atoms with van der Waals surface area (Å²) in [5.74, 6) is 0.858. The Labute approximate surface area is 294 Å². The SMILES string of the molecule is CCOC(=O)c1cnc(CC2(c3ccc(Cl)cc3Cl)CCC2)nc1.NCC(=O)c1cnc(CC2(c3ccc(Cl)cc3Cl)CCC2)nc1. The van der Waals surface area contributed by atoms with Crippen molar-refractivity contribution in [2.75, 3.05) is 13.2 Å². The van der Waals surface area contributed by atoms with Gasteiger partial charge in [-0.3, -0.25) is 4.79 Å². The van der Waals surface area contributed by atoms with Crippen molar-refractivity contribution in [1.29, 1.82) is 0 Å². The van der Waals surface area contributed by atoms with Crippen molar-refractivity contribution < 1.29 is 14.3 Å². The van der Waals surface area contributed by atoms with E-state index in [1.54, 1.807) is 31.5 Å². The van der Waals surface area contributed by atoms with Crippen LogP contribution in [-0.2, 0) is 28.4 Å². The first-order valence-electron chi connectivity index (χ1n) is 15.5. The third kappa shape index (κ3) is 8.12. The summed E-state index contributed by atoms with van der Waals surface area (Å²) >= 11 is 24.8. The van der Waals surface area contributed by atoms with Crippen LogP contribution in [0.1, 0.15) is 88.9 Å². The van der Waals surface area contributed by atoms with Crippen molar-refractivity contribution in [2.45, 2.75) is 69.1 Å². The first-order valence-corrected chi connectivity index (χ1v) is 17.0. The maximum absolute atomic E-state index is 11.7. The summed E-state index contributed by atoms with van der Waals surface area (Å²) in [6.07, 6.45) is 14.0. The van der Waals surface area contributed by atoms with Gasteiger partial charge in [0.1, 0.15) is 11.6 Å². The average molecular weight is 716 g/mol. The van der Waals surface area contributed by atoms with Gasteiger partial charge in [-0.05, 0) is 68.0 Å². The maximum atomic E-state index is 11.7. The minimum absolute atomic E-state index is 0.0347. The molecule has 2 aliphatic rings. The topological polar surface area (TPSA) is 121 Å². The minimum Gasteiger partial charge on any atom is -0.462 e. The minimum atomic E-state index is -0.400. The van der Waals surface area contributed by atoms with Crippen LogP contribution in [0.4, 0.5) is 0 Å². The molecule has 6 rings (SSSR count). The summed E-state index contributed by atoms with van der Waals surface area (Å²) in [5.41, 5.74) is 8.27. The van der Waals surface area contributed by atoms with Gasteiger partial charge in [0, 0.05) is 68.5 Å². The van der Waals surface area contributed by atoms with Crippen LogP contribution in [0.3, 0.4) is 0 Å². The van der Waals surface area contributed by atoms with Gasteiger partial charge in [-0.2, -0.15) is 0 Å². The van der Waals surface area contributed by atoms with Gasteiger partial charge < -0.3 is 10.5 Å². The lowest BCUT2D eigenvalue weighted by Gasteiger charge is -2.42. The van der Waals surface area contributed by atoms with E-state index < -0.39 is 5.97 Å². The smallest absolute Gasteiger partial charge is 0.341 e. The van der Waals surface area contributed by atoms with Crippen molar-refractivity contribution in [1.82, 2.24) is 19.9 Å². The summed E-state index contributed by atoms with van der Waals surface area (Å²) in [5, 5.41) is 2.64. The highest BCUT2D eigenvalue weighted by Gasteiger charge is 2.42. The number of halogens is 4. The number of carbonyl (C=O) groups excluding carboxylic acids is 2. The number of benzene rings is 2. The van der Waals surface area contributed by atoms with Crippen LogP contribution in [0.5, 0.6) is 0 Å². The molecule has 0 saturated heterocycles. The fraction of sp³-hybridized carbons (Fsp3) is 0.371. The van der Waals surface area contributed by atoms with Crippen molar-refractivity contribution in [3.8, 4) is 0 Å². The Balaban J connectivity index is 0.000000185. The monoisotopic (exact) mass is 713 g/mol. The zero-order valence-corrected chi connectivity index (χ0v) is 29.0. The number of ether oxygens (including phenoxy) is 1. The highest BCUT2D eigenvalue weighted by atomic mass is 35.5. The summed E-state index contributed by atoms with van der Waals surface area (Å²) in [6.45, 7) is 2.06. The molecule has 12 heteroatoms. The zero-order valence-electron chi connectivity index (χ0n) is 25.9. The van der Waals surface area contributed by atoms with E-state index in [0.29, 0.717) is 62.3 Å². The molecule has 8 nitrogen and oxygen atoms in total. The largest absolute Gasteiger partial charge is 0.462 e. The second-order valence-corrected chi connectivity index (χ2v) is 13.7. The standard InChI is InChI=1S/C18H18Cl2N2O2.C17H17Cl2N3O/c1-2-24-17(23)12-10-21-16(22-11-12)9-18(6-3-7-18)14-5-4-13(19)8-15(14)20;18-12-2-3-13(14(19)6-12)17(4-1-5-17)7-16-21-9-11(10-22-16)15(23)8-20/h4-5,8,10-11H,2-3,6-7,9H2,1H3;2-3,6,9-10H,1,4-5,7-8,20H2. The van der Waals surface area contributed by atoms with Crippen LogP contribution in [0, 0.1) is 0 Å². The fourth-order valence-corrected chi connectivity index (χ4v) is 7.43. The number of rotatable bonds is 10. The third-order valence-corrected chi connectivity index (χ3v) is 10.1. The summed E-state index contributed by atoms with van der Waals surface area (Å²) < 4.78 is 4.95. The van der Waals surface area contributed by atoms with Gasteiger partial charge in [-0.15, -0.1) is 0 Å². The Bertz CT molecular complexity index is 1730. The number of nitrogens with two attached hydrogens (primary N) is 1. The van der Waals surface area contributed by atoms with E-state index in [1.807, 2.05) is 24.3 Å². The lowest BCUT2D eigenvalue weighted by atomic mass is 9.62. The summed E-state index contributed by atoms with van der Waals surface area (Å²) in [4.78, 5) is 40.6. The molecule has 2 aliphatic carbocycles. The number of aromatic nitrogens is 4. The van der Waals surface area contributed by atoms with Crippen LogP contribution in [0.25, 0.3) is 0 Å². The molecule has 2 aromatic carbocycles. The molecule has 2 fully saturated rings. The molecule has 0 spiro atoms. The molecule has 2 heterocycles. The molecule has 2 aromatic heterocycles. The molecule has 0 bridgehead atoms. The molecule has 47 heavy (non-hydrogen) atoms.